The summed E-state index contributed by atoms with van der Waals surface area (Å²) in [7, 11) is 0. The second kappa shape index (κ2) is 8.69. The van der Waals surface area contributed by atoms with Gasteiger partial charge in [0, 0.05) is 17.5 Å². The first-order chi connectivity index (χ1) is 14.5. The summed E-state index contributed by atoms with van der Waals surface area (Å²) in [5, 5.41) is 5.23. The van der Waals surface area contributed by atoms with Crippen molar-refractivity contribution in [1.82, 2.24) is 24.7 Å². The minimum absolute atomic E-state index is 0.0422. The zero-order chi connectivity index (χ0) is 21.3. The second-order valence-electron chi connectivity index (χ2n) is 7.13. The number of nitrogens with zero attached hydrogens (tertiary/aromatic N) is 5. The lowest BCUT2D eigenvalue weighted by atomic mass is 10.2. The molecule has 0 saturated heterocycles. The van der Waals surface area contributed by atoms with Crippen LogP contribution in [0.4, 0.5) is 0 Å². The second-order valence-corrected chi connectivity index (χ2v) is 9.64. The van der Waals surface area contributed by atoms with E-state index in [4.69, 9.17) is 9.51 Å². The lowest BCUT2D eigenvalue weighted by Gasteiger charge is -2.13. The van der Waals surface area contributed by atoms with Gasteiger partial charge in [-0.25, -0.2) is 4.98 Å². The van der Waals surface area contributed by atoms with Crippen LogP contribution in [-0.2, 0) is 13.0 Å². The van der Waals surface area contributed by atoms with Gasteiger partial charge in [-0.2, -0.15) is 4.98 Å². The number of hydrogen-bond donors (Lipinski definition) is 0. The first-order valence-corrected chi connectivity index (χ1v) is 11.6. The van der Waals surface area contributed by atoms with Crippen molar-refractivity contribution in [3.05, 3.63) is 62.6 Å². The van der Waals surface area contributed by atoms with E-state index in [1.54, 1.807) is 22.1 Å². The Morgan fingerprint density at radius 1 is 1.27 bits per heavy atom. The number of thiophene rings is 1. The summed E-state index contributed by atoms with van der Waals surface area (Å²) in [6.45, 7) is 8.42. The van der Waals surface area contributed by atoms with Gasteiger partial charge in [0.1, 0.15) is 4.83 Å². The molecule has 4 heterocycles. The SMILES string of the molecule is CCCc1noc(C(C)Sc2nc3sc(C)c(C)c3c(=O)n2Cc2ccccn2)n1. The summed E-state index contributed by atoms with van der Waals surface area (Å²) in [6, 6.07) is 5.69. The average molecular weight is 442 g/mol. The van der Waals surface area contributed by atoms with Crippen molar-refractivity contribution in [3.8, 4) is 0 Å². The largest absolute Gasteiger partial charge is 0.338 e. The minimum atomic E-state index is -0.135. The van der Waals surface area contributed by atoms with Crippen LogP contribution in [0.5, 0.6) is 0 Å². The fraction of sp³-hybridized carbons (Fsp3) is 0.381. The Bertz CT molecular complexity index is 1230. The number of fused-ring (bicyclic) bond motifs is 1. The molecule has 156 valence electrons. The summed E-state index contributed by atoms with van der Waals surface area (Å²) in [5.41, 5.74) is 1.76. The van der Waals surface area contributed by atoms with E-state index < -0.39 is 0 Å². The van der Waals surface area contributed by atoms with Crippen LogP contribution in [0.2, 0.25) is 0 Å². The Labute approximate surface area is 182 Å². The molecule has 4 rings (SSSR count). The summed E-state index contributed by atoms with van der Waals surface area (Å²) in [5.74, 6) is 1.25. The standard InChI is InChI=1S/C21H23N5O2S2/c1-5-8-16-23-18(28-25-16)14(4)30-21-24-19-17(12(2)13(3)29-19)20(27)26(21)11-15-9-6-7-10-22-15/h6-7,9-10,14H,5,8,11H2,1-4H3. The van der Waals surface area contributed by atoms with Gasteiger partial charge in [0.15, 0.2) is 11.0 Å². The summed E-state index contributed by atoms with van der Waals surface area (Å²) >= 11 is 3.00. The number of aryl methyl sites for hydroxylation is 3. The average Bonchev–Trinajstić information content (AvgIpc) is 3.31. The summed E-state index contributed by atoms with van der Waals surface area (Å²) in [6.07, 6.45) is 3.47. The predicted octanol–water partition coefficient (Wildman–Crippen LogP) is 4.71. The van der Waals surface area contributed by atoms with Crippen LogP contribution >= 0.6 is 23.1 Å². The van der Waals surface area contributed by atoms with Gasteiger partial charge in [-0.1, -0.05) is 29.9 Å². The molecule has 9 heteroatoms. The van der Waals surface area contributed by atoms with E-state index in [0.29, 0.717) is 28.8 Å². The molecule has 0 amide bonds. The topological polar surface area (TPSA) is 86.7 Å². The monoisotopic (exact) mass is 441 g/mol. The molecular weight excluding hydrogens is 418 g/mol. The Morgan fingerprint density at radius 2 is 2.10 bits per heavy atom. The molecule has 0 spiro atoms. The molecule has 0 radical (unpaired) electrons. The quantitative estimate of drug-likeness (QED) is 0.303. The molecule has 0 fully saturated rings. The molecule has 4 aromatic heterocycles. The van der Waals surface area contributed by atoms with Crippen LogP contribution in [0.3, 0.4) is 0 Å². The maximum absolute atomic E-state index is 13.4. The van der Waals surface area contributed by atoms with Crippen molar-refractivity contribution >= 4 is 33.3 Å². The molecule has 1 unspecified atom stereocenters. The molecule has 7 nitrogen and oxygen atoms in total. The van der Waals surface area contributed by atoms with Crippen molar-refractivity contribution < 1.29 is 4.52 Å². The predicted molar refractivity (Wildman–Crippen MR) is 119 cm³/mol. The Balaban J connectivity index is 1.76. The maximum atomic E-state index is 13.4. The van der Waals surface area contributed by atoms with Crippen molar-refractivity contribution in [1.29, 1.82) is 0 Å². The highest BCUT2D eigenvalue weighted by molar-refractivity contribution is 7.99. The molecule has 0 aromatic carbocycles. The first-order valence-electron chi connectivity index (χ1n) is 9.87. The van der Waals surface area contributed by atoms with Gasteiger partial charge < -0.3 is 4.52 Å². The number of aromatic nitrogens is 5. The third kappa shape index (κ3) is 4.04. The number of pyridine rings is 1. The normalized spacial score (nSPS) is 12.5. The highest BCUT2D eigenvalue weighted by Crippen LogP contribution is 2.35. The Hall–Kier alpha value is -2.52. The Morgan fingerprint density at radius 3 is 2.83 bits per heavy atom. The first kappa shape index (κ1) is 20.7. The summed E-state index contributed by atoms with van der Waals surface area (Å²) in [4.78, 5) is 29.0. The van der Waals surface area contributed by atoms with Crippen LogP contribution < -0.4 is 5.56 Å². The lowest BCUT2D eigenvalue weighted by Crippen LogP contribution is -2.24. The zero-order valence-electron chi connectivity index (χ0n) is 17.4. The molecule has 0 aliphatic carbocycles. The third-order valence-electron chi connectivity index (χ3n) is 4.89. The van der Waals surface area contributed by atoms with Gasteiger partial charge in [-0.15, -0.1) is 11.3 Å². The zero-order valence-corrected chi connectivity index (χ0v) is 19.0. The van der Waals surface area contributed by atoms with E-state index >= 15 is 0 Å². The van der Waals surface area contributed by atoms with Crippen LogP contribution in [0.1, 0.15) is 53.4 Å². The molecule has 0 aliphatic rings. The molecule has 0 N–H and O–H groups in total. The number of rotatable bonds is 7. The molecule has 4 aromatic rings. The maximum Gasteiger partial charge on any atom is 0.263 e. The van der Waals surface area contributed by atoms with Gasteiger partial charge in [0.25, 0.3) is 5.56 Å². The lowest BCUT2D eigenvalue weighted by molar-refractivity contribution is 0.374. The van der Waals surface area contributed by atoms with Crippen LogP contribution in [0.15, 0.2) is 38.9 Å². The van der Waals surface area contributed by atoms with Crippen LogP contribution in [0, 0.1) is 13.8 Å². The molecule has 1 atom stereocenters. The van der Waals surface area contributed by atoms with Gasteiger partial charge >= 0.3 is 0 Å². The molecule has 0 aliphatic heterocycles. The summed E-state index contributed by atoms with van der Waals surface area (Å²) < 4.78 is 7.15. The molecule has 0 saturated carbocycles. The minimum Gasteiger partial charge on any atom is -0.338 e. The molecule has 30 heavy (non-hydrogen) atoms. The van der Waals surface area contributed by atoms with E-state index in [2.05, 4.69) is 22.0 Å². The van der Waals surface area contributed by atoms with Gasteiger partial charge in [0.2, 0.25) is 5.89 Å². The van der Waals surface area contributed by atoms with Crippen molar-refractivity contribution in [3.63, 3.8) is 0 Å². The molecule has 0 bridgehead atoms. The fourth-order valence-electron chi connectivity index (χ4n) is 3.16. The highest BCUT2D eigenvalue weighted by Gasteiger charge is 2.22. The fourth-order valence-corrected chi connectivity index (χ4v) is 5.17. The number of thioether (sulfide) groups is 1. The van der Waals surface area contributed by atoms with E-state index in [-0.39, 0.29) is 10.8 Å². The van der Waals surface area contributed by atoms with Crippen molar-refractivity contribution in [2.45, 2.75) is 57.5 Å². The van der Waals surface area contributed by atoms with Crippen molar-refractivity contribution in [2.24, 2.45) is 0 Å². The van der Waals surface area contributed by atoms with E-state index in [1.165, 1.54) is 11.8 Å². The van der Waals surface area contributed by atoms with Gasteiger partial charge in [0.05, 0.1) is 22.9 Å². The Kier molecular flexibility index (Phi) is 6.01. The molecular formula is C21H23N5O2S2. The number of hydrogen-bond acceptors (Lipinski definition) is 8. The smallest absolute Gasteiger partial charge is 0.263 e. The van der Waals surface area contributed by atoms with Crippen LogP contribution in [-0.4, -0.2) is 24.7 Å². The van der Waals surface area contributed by atoms with E-state index in [0.717, 1.165) is 33.8 Å². The third-order valence-corrected chi connectivity index (χ3v) is 7.07. The van der Waals surface area contributed by atoms with Gasteiger partial charge in [-0.3, -0.25) is 14.3 Å². The van der Waals surface area contributed by atoms with Gasteiger partial charge in [-0.05, 0) is 44.9 Å². The highest BCUT2D eigenvalue weighted by atomic mass is 32.2. The van der Waals surface area contributed by atoms with Crippen molar-refractivity contribution in [2.75, 3.05) is 0 Å². The van der Waals surface area contributed by atoms with Crippen LogP contribution in [0.25, 0.3) is 10.2 Å². The van der Waals surface area contributed by atoms with E-state index in [1.807, 2.05) is 39.0 Å². The van der Waals surface area contributed by atoms with E-state index in [9.17, 15) is 4.79 Å².